The van der Waals surface area contributed by atoms with Crippen LogP contribution < -0.4 is 20.9 Å². The van der Waals surface area contributed by atoms with Crippen LogP contribution in [0.25, 0.3) is 0 Å². The van der Waals surface area contributed by atoms with Gasteiger partial charge in [-0.1, -0.05) is 6.07 Å². The van der Waals surface area contributed by atoms with Crippen LogP contribution in [0, 0.1) is 12.7 Å². The van der Waals surface area contributed by atoms with Gasteiger partial charge in [-0.05, 0) is 44.4 Å². The molecule has 0 bridgehead atoms. The average Bonchev–Trinajstić information content (AvgIpc) is 2.68. The Morgan fingerprint density at radius 2 is 2.17 bits per heavy atom. The van der Waals surface area contributed by atoms with Crippen LogP contribution in [0.4, 0.5) is 10.1 Å². The standard InChI is InChI=1S/C20H32FN5O2.HI/c1-4-22-20(24-13-19(27)23-9-11-28-3)25-16-6-5-10-26(14-16)18-12-15(2)7-8-17(18)21;/h7-8,12,16H,4-6,9-11,13-14H2,1-3H3,(H,23,27)(H2,22,24,25);1H. The second-order valence-electron chi connectivity index (χ2n) is 6.92. The van der Waals surface area contributed by atoms with E-state index in [2.05, 4.69) is 25.8 Å². The third-order valence-corrected chi connectivity index (χ3v) is 4.56. The van der Waals surface area contributed by atoms with Crippen LogP contribution in [0.15, 0.2) is 23.2 Å². The quantitative estimate of drug-likeness (QED) is 0.211. The van der Waals surface area contributed by atoms with Gasteiger partial charge in [-0.3, -0.25) is 4.79 Å². The molecule has 0 radical (unpaired) electrons. The van der Waals surface area contributed by atoms with E-state index in [9.17, 15) is 9.18 Å². The number of aryl methyl sites for hydroxylation is 1. The Balaban J connectivity index is 0.00000420. The summed E-state index contributed by atoms with van der Waals surface area (Å²) in [5.41, 5.74) is 1.69. The van der Waals surface area contributed by atoms with Gasteiger partial charge in [0.1, 0.15) is 12.4 Å². The fraction of sp³-hybridized carbons (Fsp3) is 0.600. The highest BCUT2D eigenvalue weighted by Crippen LogP contribution is 2.24. The summed E-state index contributed by atoms with van der Waals surface area (Å²) in [6, 6.07) is 5.33. The molecule has 0 spiro atoms. The molecule has 1 heterocycles. The lowest BCUT2D eigenvalue weighted by Gasteiger charge is -2.35. The van der Waals surface area contributed by atoms with Crippen molar-refractivity contribution in [2.45, 2.75) is 32.7 Å². The molecular formula is C20H33FIN5O2. The molecule has 1 aromatic rings. The summed E-state index contributed by atoms with van der Waals surface area (Å²) in [6.07, 6.45) is 1.93. The summed E-state index contributed by atoms with van der Waals surface area (Å²) in [4.78, 5) is 18.3. The minimum absolute atomic E-state index is 0. The minimum atomic E-state index is -0.195. The number of hydrogen-bond donors (Lipinski definition) is 3. The molecule has 1 amide bonds. The molecule has 0 aliphatic carbocycles. The van der Waals surface area contributed by atoms with E-state index in [1.54, 1.807) is 13.2 Å². The van der Waals surface area contributed by atoms with Crippen LogP contribution in [-0.4, -0.2) is 64.3 Å². The Kier molecular flexibility index (Phi) is 11.9. The number of ether oxygens (including phenoxy) is 1. The lowest BCUT2D eigenvalue weighted by atomic mass is 10.0. The number of methoxy groups -OCH3 is 1. The molecule has 164 valence electrons. The number of guanidine groups is 1. The van der Waals surface area contributed by atoms with Crippen molar-refractivity contribution in [2.24, 2.45) is 4.99 Å². The molecule has 1 saturated heterocycles. The topological polar surface area (TPSA) is 78.0 Å². The smallest absolute Gasteiger partial charge is 0.241 e. The molecule has 1 aliphatic heterocycles. The molecule has 9 heteroatoms. The lowest BCUT2D eigenvalue weighted by molar-refractivity contribution is -0.119. The zero-order valence-electron chi connectivity index (χ0n) is 17.5. The van der Waals surface area contributed by atoms with Gasteiger partial charge in [0.25, 0.3) is 0 Å². The molecule has 1 aliphatic rings. The van der Waals surface area contributed by atoms with Crippen molar-refractivity contribution >= 4 is 41.5 Å². The van der Waals surface area contributed by atoms with Gasteiger partial charge in [0, 0.05) is 39.3 Å². The molecular weight excluding hydrogens is 488 g/mol. The van der Waals surface area contributed by atoms with Crippen molar-refractivity contribution in [2.75, 3.05) is 51.3 Å². The highest BCUT2D eigenvalue weighted by atomic mass is 127. The molecule has 2 rings (SSSR count). The van der Waals surface area contributed by atoms with Crippen LogP contribution in [-0.2, 0) is 9.53 Å². The van der Waals surface area contributed by atoms with Crippen LogP contribution in [0.5, 0.6) is 0 Å². The Labute approximate surface area is 189 Å². The second kappa shape index (κ2) is 13.6. The first-order chi connectivity index (χ1) is 13.5. The molecule has 3 N–H and O–H groups in total. The van der Waals surface area contributed by atoms with Crippen LogP contribution in [0.2, 0.25) is 0 Å². The van der Waals surface area contributed by atoms with Gasteiger partial charge in [0.05, 0.1) is 12.3 Å². The summed E-state index contributed by atoms with van der Waals surface area (Å²) < 4.78 is 19.2. The highest BCUT2D eigenvalue weighted by molar-refractivity contribution is 14.0. The van der Waals surface area contributed by atoms with Gasteiger partial charge in [-0.2, -0.15) is 0 Å². The maximum atomic E-state index is 14.3. The Morgan fingerprint density at radius 3 is 2.90 bits per heavy atom. The van der Waals surface area contributed by atoms with Crippen molar-refractivity contribution in [3.05, 3.63) is 29.6 Å². The number of aliphatic imine (C=N–C) groups is 1. The van der Waals surface area contributed by atoms with Crippen molar-refractivity contribution in [3.63, 3.8) is 0 Å². The SMILES string of the molecule is CCNC(=NCC(=O)NCCOC)NC1CCCN(c2cc(C)ccc2F)C1.I. The van der Waals surface area contributed by atoms with Crippen molar-refractivity contribution in [1.29, 1.82) is 0 Å². The van der Waals surface area contributed by atoms with Gasteiger partial charge in [-0.25, -0.2) is 9.38 Å². The van der Waals surface area contributed by atoms with Crippen LogP contribution in [0.3, 0.4) is 0 Å². The Hall–Kier alpha value is -1.62. The predicted octanol–water partition coefficient (Wildman–Crippen LogP) is 2.04. The van der Waals surface area contributed by atoms with Gasteiger partial charge >= 0.3 is 0 Å². The minimum Gasteiger partial charge on any atom is -0.383 e. The summed E-state index contributed by atoms with van der Waals surface area (Å²) in [5, 5.41) is 9.30. The Morgan fingerprint density at radius 1 is 1.38 bits per heavy atom. The summed E-state index contributed by atoms with van der Waals surface area (Å²) in [6.45, 7) is 7.14. The summed E-state index contributed by atoms with van der Waals surface area (Å²) >= 11 is 0. The zero-order chi connectivity index (χ0) is 20.4. The van der Waals surface area contributed by atoms with Gasteiger partial charge in [0.15, 0.2) is 5.96 Å². The number of carbonyl (C=O) groups is 1. The first-order valence-electron chi connectivity index (χ1n) is 9.85. The molecule has 7 nitrogen and oxygen atoms in total. The molecule has 0 aromatic heterocycles. The number of hydrogen-bond acceptors (Lipinski definition) is 4. The Bertz CT molecular complexity index is 674. The van der Waals surface area contributed by atoms with E-state index in [0.717, 1.165) is 24.9 Å². The molecule has 0 saturated carbocycles. The highest BCUT2D eigenvalue weighted by Gasteiger charge is 2.23. The lowest BCUT2D eigenvalue weighted by Crippen LogP contribution is -2.51. The van der Waals surface area contributed by atoms with E-state index in [4.69, 9.17) is 4.74 Å². The predicted molar refractivity (Wildman–Crippen MR) is 126 cm³/mol. The first-order valence-corrected chi connectivity index (χ1v) is 9.85. The van der Waals surface area contributed by atoms with Crippen molar-refractivity contribution < 1.29 is 13.9 Å². The maximum absolute atomic E-state index is 14.3. The number of piperidine rings is 1. The number of anilines is 1. The third kappa shape index (κ3) is 8.73. The molecule has 29 heavy (non-hydrogen) atoms. The fourth-order valence-corrected chi connectivity index (χ4v) is 3.19. The normalized spacial score (nSPS) is 16.8. The zero-order valence-corrected chi connectivity index (χ0v) is 19.8. The molecule has 1 aromatic carbocycles. The first kappa shape index (κ1) is 25.4. The van der Waals surface area contributed by atoms with Gasteiger partial charge < -0.3 is 25.6 Å². The van der Waals surface area contributed by atoms with Crippen LogP contribution in [0.1, 0.15) is 25.3 Å². The molecule has 1 fully saturated rings. The third-order valence-electron chi connectivity index (χ3n) is 4.56. The number of nitrogens with zero attached hydrogens (tertiary/aromatic N) is 2. The van der Waals surface area contributed by atoms with E-state index in [-0.39, 0.29) is 48.3 Å². The maximum Gasteiger partial charge on any atom is 0.241 e. The van der Waals surface area contributed by atoms with Gasteiger partial charge in [0.2, 0.25) is 5.91 Å². The number of nitrogens with one attached hydrogen (secondary N) is 3. The monoisotopic (exact) mass is 521 g/mol. The number of halogens is 2. The number of benzene rings is 1. The number of rotatable bonds is 8. The average molecular weight is 521 g/mol. The van der Waals surface area contributed by atoms with E-state index >= 15 is 0 Å². The van der Waals surface area contributed by atoms with Crippen LogP contribution >= 0.6 is 24.0 Å². The van der Waals surface area contributed by atoms with E-state index in [1.807, 2.05) is 19.9 Å². The van der Waals surface area contributed by atoms with Gasteiger partial charge in [-0.15, -0.1) is 24.0 Å². The van der Waals surface area contributed by atoms with Crippen molar-refractivity contribution in [3.8, 4) is 0 Å². The number of amides is 1. The molecule has 1 unspecified atom stereocenters. The van der Waals surface area contributed by atoms with E-state index in [0.29, 0.717) is 37.9 Å². The second-order valence-corrected chi connectivity index (χ2v) is 6.92. The summed E-state index contributed by atoms with van der Waals surface area (Å²) in [7, 11) is 1.59. The van der Waals surface area contributed by atoms with E-state index in [1.165, 1.54) is 6.07 Å². The van der Waals surface area contributed by atoms with Crippen molar-refractivity contribution in [1.82, 2.24) is 16.0 Å². The largest absolute Gasteiger partial charge is 0.383 e. The fourth-order valence-electron chi connectivity index (χ4n) is 3.19. The number of carbonyl (C=O) groups excluding carboxylic acids is 1. The van der Waals surface area contributed by atoms with E-state index < -0.39 is 0 Å². The molecule has 1 atom stereocenters. The summed E-state index contributed by atoms with van der Waals surface area (Å²) in [5.74, 6) is 0.252.